The average Bonchev–Trinajstić information content (AvgIpc) is 2.97. The first-order chi connectivity index (χ1) is 19.4. The fourth-order valence-electron chi connectivity index (χ4n) is 6.91. The molecule has 40 heavy (non-hydrogen) atoms. The van der Waals surface area contributed by atoms with Crippen LogP contribution in [0, 0.1) is 0 Å². The van der Waals surface area contributed by atoms with Gasteiger partial charge >= 0.3 is 5.97 Å². The summed E-state index contributed by atoms with van der Waals surface area (Å²) in [5.74, 6) is -0.152. The van der Waals surface area contributed by atoms with Crippen LogP contribution in [0.4, 0.5) is 5.82 Å². The number of hydrogen-bond donors (Lipinski definition) is 2. The molecule has 5 rings (SSSR count). The number of piperazine rings is 1. The third-order valence-corrected chi connectivity index (χ3v) is 9.08. The molecule has 2 aromatic rings. The van der Waals surface area contributed by atoms with Gasteiger partial charge in [0.05, 0.1) is 17.5 Å². The van der Waals surface area contributed by atoms with Gasteiger partial charge in [0.25, 0.3) is 5.91 Å². The number of nitrogens with one attached hydrogen (secondary N) is 1. The summed E-state index contributed by atoms with van der Waals surface area (Å²) < 4.78 is 0. The van der Waals surface area contributed by atoms with E-state index >= 15 is 0 Å². The Kier molecular flexibility index (Phi) is 9.23. The van der Waals surface area contributed by atoms with E-state index in [1.165, 1.54) is 19.3 Å². The lowest BCUT2D eigenvalue weighted by Crippen LogP contribution is -2.64. The quantitative estimate of drug-likeness (QED) is 0.488. The largest absolute Gasteiger partial charge is 0.478 e. The Morgan fingerprint density at radius 1 is 1.05 bits per heavy atom. The monoisotopic (exact) mass is 568 g/mol. The number of carbonyl (C=O) groups excluding carboxylic acids is 1. The maximum atomic E-state index is 12.4. The van der Waals surface area contributed by atoms with Crippen LogP contribution in [0.1, 0.15) is 84.5 Å². The van der Waals surface area contributed by atoms with Crippen LogP contribution in [0.5, 0.6) is 0 Å². The first-order valence-electron chi connectivity index (χ1n) is 14.8. The SMILES string of the molecule is CCNC(=O)c1cnc(N2CCN(C3CCN(Cc4ccc(Cl)cc4C(=O)O)CC3)[C@@H]3CCCC[C@@H]32)c(CC)n1. The molecule has 3 aliphatic rings. The molecule has 10 heteroatoms. The molecule has 3 heterocycles. The molecule has 3 fully saturated rings. The summed E-state index contributed by atoms with van der Waals surface area (Å²) in [4.78, 5) is 41.2. The Labute approximate surface area is 241 Å². The lowest BCUT2D eigenvalue weighted by Gasteiger charge is -2.54. The Hall–Kier alpha value is -2.75. The summed E-state index contributed by atoms with van der Waals surface area (Å²) in [7, 11) is 0. The van der Waals surface area contributed by atoms with E-state index < -0.39 is 5.97 Å². The third-order valence-electron chi connectivity index (χ3n) is 8.84. The number of carbonyl (C=O) groups is 2. The normalized spacial score (nSPS) is 22.6. The minimum absolute atomic E-state index is 0.168. The fraction of sp³-hybridized carbons (Fsp3) is 0.600. The number of benzene rings is 1. The highest BCUT2D eigenvalue weighted by Crippen LogP contribution is 2.36. The average molecular weight is 569 g/mol. The number of aromatic carboxylic acids is 1. The zero-order valence-corrected chi connectivity index (χ0v) is 24.4. The molecule has 216 valence electrons. The van der Waals surface area contributed by atoms with Gasteiger partial charge in [-0.2, -0.15) is 0 Å². The van der Waals surface area contributed by atoms with E-state index in [2.05, 4.69) is 26.9 Å². The second-order valence-electron chi connectivity index (χ2n) is 11.2. The van der Waals surface area contributed by atoms with Gasteiger partial charge in [-0.25, -0.2) is 14.8 Å². The fourth-order valence-corrected chi connectivity index (χ4v) is 7.08. The number of carboxylic acid groups (broad SMARTS) is 1. The zero-order valence-electron chi connectivity index (χ0n) is 23.6. The zero-order chi connectivity index (χ0) is 28.2. The van der Waals surface area contributed by atoms with Gasteiger partial charge in [0, 0.05) is 49.3 Å². The van der Waals surface area contributed by atoms with Gasteiger partial charge in [0.15, 0.2) is 5.82 Å². The van der Waals surface area contributed by atoms with Crippen LogP contribution in [-0.2, 0) is 13.0 Å². The first-order valence-corrected chi connectivity index (χ1v) is 15.2. The van der Waals surface area contributed by atoms with Crippen molar-refractivity contribution in [2.45, 2.75) is 83.5 Å². The number of rotatable bonds is 8. The van der Waals surface area contributed by atoms with Crippen LogP contribution < -0.4 is 10.2 Å². The van der Waals surface area contributed by atoms with Crippen molar-refractivity contribution >= 4 is 29.3 Å². The van der Waals surface area contributed by atoms with Crippen molar-refractivity contribution in [2.75, 3.05) is 37.6 Å². The van der Waals surface area contributed by atoms with Gasteiger partial charge in [-0.3, -0.25) is 14.6 Å². The van der Waals surface area contributed by atoms with Crippen LogP contribution in [0.3, 0.4) is 0 Å². The number of aromatic nitrogens is 2. The molecule has 2 saturated heterocycles. The Morgan fingerprint density at radius 3 is 2.50 bits per heavy atom. The number of piperidine rings is 1. The Bertz CT molecular complexity index is 1220. The van der Waals surface area contributed by atoms with Gasteiger partial charge in [-0.1, -0.05) is 37.4 Å². The van der Waals surface area contributed by atoms with Gasteiger partial charge in [-0.05, 0) is 69.8 Å². The molecule has 1 aromatic carbocycles. The number of nitrogens with zero attached hydrogens (tertiary/aromatic N) is 5. The van der Waals surface area contributed by atoms with E-state index in [9.17, 15) is 14.7 Å². The molecule has 1 aliphatic carbocycles. The summed E-state index contributed by atoms with van der Waals surface area (Å²) in [6, 6.07) is 6.60. The standard InChI is InChI=1S/C30H41ClN6O3/c1-3-24-28(33-18-25(34-24)29(38)32-4-2)37-16-15-36(26-7-5-6-8-27(26)37)22-11-13-35(14-12-22)19-20-9-10-21(31)17-23(20)30(39)40/h9-10,17-18,22,26-27H,3-8,11-16,19H2,1-2H3,(H,32,38)(H,39,40)/t26-,27+/m1/s1. The number of hydrogen-bond acceptors (Lipinski definition) is 7. The van der Waals surface area contributed by atoms with E-state index in [1.54, 1.807) is 18.3 Å². The lowest BCUT2D eigenvalue weighted by molar-refractivity contribution is 0.0298. The molecule has 0 unspecified atom stereocenters. The molecule has 0 radical (unpaired) electrons. The molecule has 0 bridgehead atoms. The topological polar surface area (TPSA) is 102 Å². The predicted molar refractivity (Wildman–Crippen MR) is 156 cm³/mol. The van der Waals surface area contributed by atoms with Gasteiger partial charge in [0.2, 0.25) is 0 Å². The molecule has 1 saturated carbocycles. The Morgan fingerprint density at radius 2 is 1.80 bits per heavy atom. The van der Waals surface area contributed by atoms with Crippen LogP contribution in [-0.4, -0.2) is 87.6 Å². The maximum Gasteiger partial charge on any atom is 0.336 e. The molecule has 0 spiro atoms. The van der Waals surface area contributed by atoms with Crippen molar-refractivity contribution in [1.82, 2.24) is 25.1 Å². The van der Waals surface area contributed by atoms with Crippen LogP contribution in [0.15, 0.2) is 24.4 Å². The summed E-state index contributed by atoms with van der Waals surface area (Å²) in [6.07, 6.45) is 9.36. The van der Waals surface area contributed by atoms with Crippen molar-refractivity contribution in [2.24, 2.45) is 0 Å². The minimum Gasteiger partial charge on any atom is -0.478 e. The Balaban J connectivity index is 1.26. The predicted octanol–water partition coefficient (Wildman–Crippen LogP) is 4.24. The molecule has 2 N–H and O–H groups in total. The van der Waals surface area contributed by atoms with E-state index in [0.717, 1.165) is 68.9 Å². The first kappa shape index (κ1) is 28.8. The number of aryl methyl sites for hydroxylation is 1. The van der Waals surface area contributed by atoms with Crippen molar-refractivity contribution in [3.8, 4) is 0 Å². The highest BCUT2D eigenvalue weighted by atomic mass is 35.5. The van der Waals surface area contributed by atoms with Crippen LogP contribution in [0.25, 0.3) is 0 Å². The smallest absolute Gasteiger partial charge is 0.336 e. The van der Waals surface area contributed by atoms with Crippen molar-refractivity contribution in [3.05, 3.63) is 51.9 Å². The van der Waals surface area contributed by atoms with Crippen molar-refractivity contribution in [1.29, 1.82) is 0 Å². The highest BCUT2D eigenvalue weighted by Gasteiger charge is 2.42. The van der Waals surface area contributed by atoms with E-state index in [4.69, 9.17) is 21.6 Å². The second kappa shape index (κ2) is 12.8. The number of fused-ring (bicyclic) bond motifs is 1. The number of anilines is 1. The number of carboxylic acids is 1. The summed E-state index contributed by atoms with van der Waals surface area (Å²) >= 11 is 6.05. The molecular formula is C30H41ClN6O3. The molecule has 1 aromatic heterocycles. The van der Waals surface area contributed by atoms with E-state index in [-0.39, 0.29) is 5.91 Å². The highest BCUT2D eigenvalue weighted by molar-refractivity contribution is 6.31. The minimum atomic E-state index is -0.927. The van der Waals surface area contributed by atoms with E-state index in [0.29, 0.717) is 47.5 Å². The number of halogens is 1. The van der Waals surface area contributed by atoms with Crippen molar-refractivity contribution < 1.29 is 14.7 Å². The lowest BCUT2D eigenvalue weighted by atomic mass is 9.84. The van der Waals surface area contributed by atoms with Crippen LogP contribution >= 0.6 is 11.6 Å². The van der Waals surface area contributed by atoms with Gasteiger partial charge < -0.3 is 15.3 Å². The van der Waals surface area contributed by atoms with Crippen LogP contribution in [0.2, 0.25) is 5.02 Å². The molecular weight excluding hydrogens is 528 g/mol. The summed E-state index contributed by atoms with van der Waals surface area (Å²) in [5.41, 5.74) is 2.41. The summed E-state index contributed by atoms with van der Waals surface area (Å²) in [6.45, 7) is 9.01. The van der Waals surface area contributed by atoms with Crippen molar-refractivity contribution in [3.63, 3.8) is 0 Å². The molecule has 1 amide bonds. The second-order valence-corrected chi connectivity index (χ2v) is 11.6. The third kappa shape index (κ3) is 6.11. The number of amides is 1. The van der Waals surface area contributed by atoms with E-state index in [1.807, 2.05) is 13.0 Å². The number of likely N-dealkylation sites (tertiary alicyclic amines) is 1. The molecule has 9 nitrogen and oxygen atoms in total. The maximum absolute atomic E-state index is 12.4. The van der Waals surface area contributed by atoms with Gasteiger partial charge in [-0.15, -0.1) is 0 Å². The van der Waals surface area contributed by atoms with Gasteiger partial charge in [0.1, 0.15) is 5.69 Å². The molecule has 2 aliphatic heterocycles. The summed E-state index contributed by atoms with van der Waals surface area (Å²) in [5, 5.41) is 12.9. The molecule has 2 atom stereocenters.